The summed E-state index contributed by atoms with van der Waals surface area (Å²) in [6, 6.07) is 4.24. The lowest BCUT2D eigenvalue weighted by Gasteiger charge is -2.22. The van der Waals surface area contributed by atoms with Crippen LogP contribution in [0.2, 0.25) is 0 Å². The van der Waals surface area contributed by atoms with Gasteiger partial charge >= 0.3 is 0 Å². The Labute approximate surface area is 121 Å². The Balaban J connectivity index is 1.85. The van der Waals surface area contributed by atoms with E-state index in [0.717, 1.165) is 11.4 Å². The van der Waals surface area contributed by atoms with E-state index in [1.807, 2.05) is 6.07 Å². The predicted molar refractivity (Wildman–Crippen MR) is 81.8 cm³/mol. The molecule has 1 saturated carbocycles. The molecule has 1 aromatic rings. The van der Waals surface area contributed by atoms with Gasteiger partial charge in [0.2, 0.25) is 0 Å². The van der Waals surface area contributed by atoms with Crippen LogP contribution >= 0.6 is 0 Å². The van der Waals surface area contributed by atoms with E-state index in [9.17, 15) is 0 Å². The molecule has 1 aromatic carbocycles. The molecular formula is C17H24N3. The lowest BCUT2D eigenvalue weighted by molar-refractivity contribution is 0.462. The highest BCUT2D eigenvalue weighted by Gasteiger charge is 2.23. The molecule has 0 saturated heterocycles. The van der Waals surface area contributed by atoms with E-state index in [1.165, 1.54) is 68.9 Å². The van der Waals surface area contributed by atoms with Crippen molar-refractivity contribution in [1.29, 1.82) is 0 Å². The van der Waals surface area contributed by atoms with Crippen LogP contribution in [-0.2, 0) is 0 Å². The number of hydrogen-bond acceptors (Lipinski definition) is 2. The fourth-order valence-corrected chi connectivity index (χ4v) is 3.61. The van der Waals surface area contributed by atoms with Crippen LogP contribution in [0, 0.1) is 6.92 Å². The first-order chi connectivity index (χ1) is 9.86. The van der Waals surface area contributed by atoms with Crippen LogP contribution in [0.5, 0.6) is 0 Å². The molecule has 0 bridgehead atoms. The van der Waals surface area contributed by atoms with Crippen LogP contribution in [0.15, 0.2) is 22.5 Å². The molecule has 1 radical (unpaired) electrons. The summed E-state index contributed by atoms with van der Waals surface area (Å²) in [6.07, 6.45) is 12.3. The average molecular weight is 270 g/mol. The standard InChI is InChI=1S/C17H24N3/c1-13-11-12-15-17(19-20-18-15)16(13)14-9-7-5-3-2-4-6-8-10-14/h11-12,14H,2-10H2,1H3. The molecule has 3 heteroatoms. The van der Waals surface area contributed by atoms with Gasteiger partial charge in [0.15, 0.2) is 0 Å². The molecule has 20 heavy (non-hydrogen) atoms. The van der Waals surface area contributed by atoms with Crippen molar-refractivity contribution >= 4 is 11.4 Å². The van der Waals surface area contributed by atoms with Gasteiger partial charge in [-0.05, 0) is 48.1 Å². The fourth-order valence-electron chi connectivity index (χ4n) is 3.61. The Bertz CT molecular complexity index is 483. The zero-order valence-electron chi connectivity index (χ0n) is 12.4. The third-order valence-corrected chi connectivity index (χ3v) is 4.72. The van der Waals surface area contributed by atoms with Crippen LogP contribution in [0.1, 0.15) is 74.8 Å². The largest absolute Gasteiger partial charge is 0.128 e. The Morgan fingerprint density at radius 2 is 1.55 bits per heavy atom. The highest BCUT2D eigenvalue weighted by atomic mass is 15.5. The highest BCUT2D eigenvalue weighted by Crippen LogP contribution is 2.43. The SMILES string of the molecule is Cc1ccc2c(c1C1CCCCCCCCC1)N=N[N]2. The number of rotatable bonds is 1. The summed E-state index contributed by atoms with van der Waals surface area (Å²) >= 11 is 0. The van der Waals surface area contributed by atoms with Crippen molar-refractivity contribution in [3.63, 3.8) is 0 Å². The maximum Gasteiger partial charge on any atom is 0.119 e. The molecule has 1 heterocycles. The van der Waals surface area contributed by atoms with Crippen LogP contribution < -0.4 is 5.43 Å². The summed E-state index contributed by atoms with van der Waals surface area (Å²) in [7, 11) is 0. The van der Waals surface area contributed by atoms with Gasteiger partial charge in [0.05, 0.1) is 0 Å². The summed E-state index contributed by atoms with van der Waals surface area (Å²) in [5.41, 5.74) is 8.93. The maximum absolute atomic E-state index is 4.29. The Morgan fingerprint density at radius 3 is 2.25 bits per heavy atom. The van der Waals surface area contributed by atoms with Gasteiger partial charge in [0, 0.05) is 0 Å². The van der Waals surface area contributed by atoms with Crippen molar-refractivity contribution in [2.45, 2.75) is 70.6 Å². The van der Waals surface area contributed by atoms with Gasteiger partial charge in [-0.3, -0.25) is 0 Å². The monoisotopic (exact) mass is 270 g/mol. The van der Waals surface area contributed by atoms with Gasteiger partial charge in [0.1, 0.15) is 11.4 Å². The van der Waals surface area contributed by atoms with E-state index >= 15 is 0 Å². The summed E-state index contributed by atoms with van der Waals surface area (Å²) in [4.78, 5) is 0. The van der Waals surface area contributed by atoms with E-state index in [2.05, 4.69) is 28.8 Å². The van der Waals surface area contributed by atoms with Gasteiger partial charge in [-0.15, -0.1) is 10.5 Å². The molecule has 107 valence electrons. The first-order valence-corrected chi connectivity index (χ1v) is 8.11. The molecule has 0 N–H and O–H groups in total. The van der Waals surface area contributed by atoms with Crippen molar-refractivity contribution in [2.75, 3.05) is 0 Å². The van der Waals surface area contributed by atoms with E-state index < -0.39 is 0 Å². The molecule has 0 atom stereocenters. The lowest BCUT2D eigenvalue weighted by Crippen LogP contribution is -2.04. The molecule has 0 aromatic heterocycles. The Morgan fingerprint density at radius 1 is 0.900 bits per heavy atom. The first kappa shape index (κ1) is 13.6. The molecule has 1 aliphatic heterocycles. The molecule has 3 nitrogen and oxygen atoms in total. The topological polar surface area (TPSA) is 38.8 Å². The third-order valence-electron chi connectivity index (χ3n) is 4.72. The van der Waals surface area contributed by atoms with Crippen molar-refractivity contribution in [2.24, 2.45) is 10.3 Å². The van der Waals surface area contributed by atoms with Gasteiger partial charge in [-0.25, -0.2) is 0 Å². The minimum absolute atomic E-state index is 0.648. The second-order valence-electron chi connectivity index (χ2n) is 6.20. The Kier molecular flexibility index (Phi) is 4.34. The molecule has 0 spiro atoms. The lowest BCUT2D eigenvalue weighted by atomic mass is 9.83. The van der Waals surface area contributed by atoms with E-state index in [-0.39, 0.29) is 0 Å². The second-order valence-corrected chi connectivity index (χ2v) is 6.20. The van der Waals surface area contributed by atoms with Gasteiger partial charge in [-0.2, -0.15) is 0 Å². The van der Waals surface area contributed by atoms with Crippen LogP contribution in [-0.4, -0.2) is 0 Å². The van der Waals surface area contributed by atoms with Crippen molar-refractivity contribution in [1.82, 2.24) is 5.43 Å². The van der Waals surface area contributed by atoms with Crippen LogP contribution in [0.25, 0.3) is 0 Å². The third kappa shape index (κ3) is 2.87. The van der Waals surface area contributed by atoms with Gasteiger partial charge in [-0.1, -0.05) is 51.0 Å². The zero-order valence-corrected chi connectivity index (χ0v) is 12.4. The predicted octanol–water partition coefficient (Wildman–Crippen LogP) is 5.85. The molecule has 3 rings (SSSR count). The quantitative estimate of drug-likeness (QED) is 0.614. The molecule has 1 aliphatic carbocycles. The smallest absolute Gasteiger partial charge is 0.119 e. The number of benzene rings is 1. The summed E-state index contributed by atoms with van der Waals surface area (Å²) < 4.78 is 0. The Hall–Kier alpha value is -1.38. The van der Waals surface area contributed by atoms with E-state index in [1.54, 1.807) is 0 Å². The molecule has 2 aliphatic rings. The minimum atomic E-state index is 0.648. The second kappa shape index (κ2) is 6.38. The summed E-state index contributed by atoms with van der Waals surface area (Å²) in [6.45, 7) is 2.21. The van der Waals surface area contributed by atoms with Crippen LogP contribution in [0.4, 0.5) is 11.4 Å². The number of hydrogen-bond donors (Lipinski definition) is 0. The average Bonchev–Trinajstić information content (AvgIpc) is 2.93. The number of aryl methyl sites for hydroxylation is 1. The molecule has 0 unspecified atom stereocenters. The first-order valence-electron chi connectivity index (χ1n) is 8.11. The van der Waals surface area contributed by atoms with Gasteiger partial charge in [0.25, 0.3) is 0 Å². The van der Waals surface area contributed by atoms with E-state index in [4.69, 9.17) is 0 Å². The maximum atomic E-state index is 4.29. The summed E-state index contributed by atoms with van der Waals surface area (Å²) in [5.74, 6) is 0.648. The van der Waals surface area contributed by atoms with Crippen molar-refractivity contribution in [3.8, 4) is 0 Å². The van der Waals surface area contributed by atoms with E-state index in [0.29, 0.717) is 5.92 Å². The van der Waals surface area contributed by atoms with Gasteiger partial charge < -0.3 is 0 Å². The normalized spacial score (nSPS) is 20.4. The van der Waals surface area contributed by atoms with Crippen molar-refractivity contribution in [3.05, 3.63) is 23.3 Å². The molecule has 1 fully saturated rings. The highest BCUT2D eigenvalue weighted by molar-refractivity contribution is 5.69. The van der Waals surface area contributed by atoms with Crippen molar-refractivity contribution < 1.29 is 0 Å². The fraction of sp³-hybridized carbons (Fsp3) is 0.647. The molecule has 0 amide bonds. The minimum Gasteiger partial charge on any atom is -0.128 e. The number of nitrogens with zero attached hydrogens (tertiary/aromatic N) is 3. The molecular weight excluding hydrogens is 246 g/mol. The summed E-state index contributed by atoms with van der Waals surface area (Å²) in [5, 5.41) is 8.16. The number of fused-ring (bicyclic) bond motifs is 1. The van der Waals surface area contributed by atoms with Crippen LogP contribution in [0.3, 0.4) is 0 Å². The zero-order chi connectivity index (χ0) is 13.8.